The Kier molecular flexibility index (Phi) is 4.03. The zero-order valence-corrected chi connectivity index (χ0v) is 11.3. The fourth-order valence-electron chi connectivity index (χ4n) is 1.92. The lowest BCUT2D eigenvalue weighted by Crippen LogP contribution is -2.23. The molecule has 2 unspecified atom stereocenters. The Balaban J connectivity index is 2.04. The highest BCUT2D eigenvalue weighted by Crippen LogP contribution is 2.20. The Hall–Kier alpha value is -1.77. The first-order chi connectivity index (χ1) is 8.70. The maximum Gasteiger partial charge on any atom is 0.0924 e. The second-order valence-corrected chi connectivity index (χ2v) is 4.86. The molecule has 0 spiro atoms. The number of anilines is 1. The van der Waals surface area contributed by atoms with Crippen LogP contribution >= 0.6 is 0 Å². The predicted molar refractivity (Wildman–Crippen MR) is 76.6 cm³/mol. The molecule has 0 saturated carbocycles. The quantitative estimate of drug-likeness (QED) is 0.835. The average molecular weight is 243 g/mol. The number of benzene rings is 1. The van der Waals surface area contributed by atoms with Crippen molar-refractivity contribution in [3.05, 3.63) is 36.8 Å². The molecular formula is C15H21N3. The van der Waals surface area contributed by atoms with E-state index in [1.165, 1.54) is 12.1 Å². The molecule has 0 radical (unpaired) electrons. The minimum Gasteiger partial charge on any atom is -0.382 e. The van der Waals surface area contributed by atoms with E-state index >= 15 is 0 Å². The molecule has 96 valence electrons. The first kappa shape index (κ1) is 12.7. The van der Waals surface area contributed by atoms with Crippen LogP contribution in [0.1, 0.15) is 27.2 Å². The number of imidazole rings is 1. The molecule has 3 heteroatoms. The molecule has 0 bridgehead atoms. The van der Waals surface area contributed by atoms with Gasteiger partial charge in [-0.3, -0.25) is 0 Å². The van der Waals surface area contributed by atoms with Crippen molar-refractivity contribution in [3.8, 4) is 11.3 Å². The largest absolute Gasteiger partial charge is 0.382 e. The van der Waals surface area contributed by atoms with Gasteiger partial charge in [-0.2, -0.15) is 0 Å². The average Bonchev–Trinajstić information content (AvgIpc) is 2.92. The number of hydrogen-bond acceptors (Lipinski definition) is 2. The van der Waals surface area contributed by atoms with Crippen molar-refractivity contribution in [2.75, 3.05) is 5.32 Å². The molecule has 3 nitrogen and oxygen atoms in total. The molecule has 1 aromatic heterocycles. The standard InChI is InChI=1S/C15H21N3/c1-4-11(2)12(3)18-14-7-5-13(6-8-14)15-9-16-10-17-15/h5-12,18H,4H2,1-3H3,(H,16,17). The van der Waals surface area contributed by atoms with E-state index in [9.17, 15) is 0 Å². The van der Waals surface area contributed by atoms with Crippen LogP contribution in [0.25, 0.3) is 11.3 Å². The zero-order chi connectivity index (χ0) is 13.0. The third-order valence-corrected chi connectivity index (χ3v) is 3.59. The third kappa shape index (κ3) is 2.92. The van der Waals surface area contributed by atoms with E-state index in [0.29, 0.717) is 12.0 Å². The van der Waals surface area contributed by atoms with Gasteiger partial charge in [-0.15, -0.1) is 0 Å². The Labute approximate surface area is 109 Å². The lowest BCUT2D eigenvalue weighted by molar-refractivity contribution is 0.494. The molecule has 0 fully saturated rings. The van der Waals surface area contributed by atoms with Crippen LogP contribution in [0.5, 0.6) is 0 Å². The molecule has 1 heterocycles. The third-order valence-electron chi connectivity index (χ3n) is 3.59. The summed E-state index contributed by atoms with van der Waals surface area (Å²) >= 11 is 0. The summed E-state index contributed by atoms with van der Waals surface area (Å²) in [6.45, 7) is 6.73. The second kappa shape index (κ2) is 5.71. The van der Waals surface area contributed by atoms with Crippen molar-refractivity contribution in [2.45, 2.75) is 33.2 Å². The van der Waals surface area contributed by atoms with Gasteiger partial charge in [0.15, 0.2) is 0 Å². The van der Waals surface area contributed by atoms with Crippen molar-refractivity contribution in [2.24, 2.45) is 5.92 Å². The van der Waals surface area contributed by atoms with Crippen LogP contribution in [0.3, 0.4) is 0 Å². The van der Waals surface area contributed by atoms with E-state index in [4.69, 9.17) is 0 Å². The number of aromatic nitrogens is 2. The molecule has 2 N–H and O–H groups in total. The van der Waals surface area contributed by atoms with Crippen molar-refractivity contribution in [3.63, 3.8) is 0 Å². The molecule has 0 saturated heterocycles. The van der Waals surface area contributed by atoms with Gasteiger partial charge in [0.25, 0.3) is 0 Å². The summed E-state index contributed by atoms with van der Waals surface area (Å²) in [7, 11) is 0. The van der Waals surface area contributed by atoms with Crippen molar-refractivity contribution in [1.82, 2.24) is 9.97 Å². The van der Waals surface area contributed by atoms with Gasteiger partial charge in [0.05, 0.1) is 18.2 Å². The maximum absolute atomic E-state index is 4.03. The topological polar surface area (TPSA) is 40.7 Å². The minimum absolute atomic E-state index is 0.494. The summed E-state index contributed by atoms with van der Waals surface area (Å²) in [4.78, 5) is 7.14. The lowest BCUT2D eigenvalue weighted by atomic mass is 10.0. The highest BCUT2D eigenvalue weighted by molar-refractivity contribution is 5.62. The normalized spacial score (nSPS) is 14.2. The molecule has 2 atom stereocenters. The molecule has 2 rings (SSSR count). The monoisotopic (exact) mass is 243 g/mol. The van der Waals surface area contributed by atoms with Gasteiger partial charge in [0, 0.05) is 11.7 Å². The number of rotatable bonds is 5. The number of aromatic amines is 1. The molecule has 0 aliphatic carbocycles. The predicted octanol–water partition coefficient (Wildman–Crippen LogP) is 3.92. The van der Waals surface area contributed by atoms with Gasteiger partial charge in [-0.1, -0.05) is 32.4 Å². The zero-order valence-electron chi connectivity index (χ0n) is 11.3. The Morgan fingerprint density at radius 3 is 2.50 bits per heavy atom. The van der Waals surface area contributed by atoms with Crippen molar-refractivity contribution < 1.29 is 0 Å². The number of H-pyrrole nitrogens is 1. The van der Waals surface area contributed by atoms with E-state index in [2.05, 4.69) is 60.3 Å². The van der Waals surface area contributed by atoms with E-state index in [1.807, 2.05) is 6.20 Å². The van der Waals surface area contributed by atoms with Crippen LogP contribution < -0.4 is 5.32 Å². The smallest absolute Gasteiger partial charge is 0.0924 e. The summed E-state index contributed by atoms with van der Waals surface area (Å²) in [6, 6.07) is 8.95. The Morgan fingerprint density at radius 2 is 1.94 bits per heavy atom. The van der Waals surface area contributed by atoms with Crippen LogP contribution in [0.15, 0.2) is 36.8 Å². The molecular weight excluding hydrogens is 222 g/mol. The number of nitrogens with one attached hydrogen (secondary N) is 2. The first-order valence-electron chi connectivity index (χ1n) is 6.56. The Morgan fingerprint density at radius 1 is 1.22 bits per heavy atom. The molecule has 0 aliphatic heterocycles. The second-order valence-electron chi connectivity index (χ2n) is 4.86. The number of hydrogen-bond donors (Lipinski definition) is 2. The first-order valence-corrected chi connectivity index (χ1v) is 6.56. The summed E-state index contributed by atoms with van der Waals surface area (Å²) in [6.07, 6.45) is 4.73. The van der Waals surface area contributed by atoms with E-state index in [1.54, 1.807) is 6.33 Å². The Bertz CT molecular complexity index is 459. The highest BCUT2D eigenvalue weighted by atomic mass is 14.9. The van der Waals surface area contributed by atoms with E-state index in [0.717, 1.165) is 11.3 Å². The fourth-order valence-corrected chi connectivity index (χ4v) is 1.92. The van der Waals surface area contributed by atoms with Gasteiger partial charge in [0.1, 0.15) is 0 Å². The highest BCUT2D eigenvalue weighted by Gasteiger charge is 2.09. The summed E-state index contributed by atoms with van der Waals surface area (Å²) in [5, 5.41) is 3.54. The van der Waals surface area contributed by atoms with E-state index in [-0.39, 0.29) is 0 Å². The summed E-state index contributed by atoms with van der Waals surface area (Å²) in [5.41, 5.74) is 3.39. The maximum atomic E-state index is 4.03. The molecule has 18 heavy (non-hydrogen) atoms. The van der Waals surface area contributed by atoms with Gasteiger partial charge in [-0.25, -0.2) is 4.98 Å². The molecule has 1 aromatic carbocycles. The molecule has 0 amide bonds. The lowest BCUT2D eigenvalue weighted by Gasteiger charge is -2.21. The number of nitrogens with zero attached hydrogens (tertiary/aromatic N) is 1. The summed E-state index contributed by atoms with van der Waals surface area (Å²) < 4.78 is 0. The van der Waals surface area contributed by atoms with Gasteiger partial charge < -0.3 is 10.3 Å². The van der Waals surface area contributed by atoms with Crippen molar-refractivity contribution >= 4 is 5.69 Å². The van der Waals surface area contributed by atoms with Gasteiger partial charge >= 0.3 is 0 Å². The van der Waals surface area contributed by atoms with Gasteiger partial charge in [0.2, 0.25) is 0 Å². The van der Waals surface area contributed by atoms with Crippen LogP contribution in [0, 0.1) is 5.92 Å². The van der Waals surface area contributed by atoms with Crippen molar-refractivity contribution in [1.29, 1.82) is 0 Å². The van der Waals surface area contributed by atoms with Gasteiger partial charge in [-0.05, 0) is 30.5 Å². The van der Waals surface area contributed by atoms with Crippen LogP contribution in [0.4, 0.5) is 5.69 Å². The van der Waals surface area contributed by atoms with E-state index < -0.39 is 0 Å². The fraction of sp³-hybridized carbons (Fsp3) is 0.400. The molecule has 0 aliphatic rings. The van der Waals surface area contributed by atoms with Crippen LogP contribution in [-0.4, -0.2) is 16.0 Å². The SMILES string of the molecule is CCC(C)C(C)Nc1ccc(-c2cnc[nH]2)cc1. The summed E-state index contributed by atoms with van der Waals surface area (Å²) in [5.74, 6) is 0.678. The molecule has 2 aromatic rings. The van der Waals surface area contributed by atoms with Crippen LogP contribution in [-0.2, 0) is 0 Å². The van der Waals surface area contributed by atoms with Crippen LogP contribution in [0.2, 0.25) is 0 Å². The minimum atomic E-state index is 0.494.